The van der Waals surface area contributed by atoms with Crippen LogP contribution in [-0.2, 0) is 0 Å². The summed E-state index contributed by atoms with van der Waals surface area (Å²) in [4.78, 5) is 12.0. The number of Topliss-reactive ketones (excluding diaryl/α,β-unsaturated/α-hetero) is 1. The van der Waals surface area contributed by atoms with E-state index in [0.717, 1.165) is 24.8 Å². The van der Waals surface area contributed by atoms with E-state index in [9.17, 15) is 9.18 Å². The number of carbonyl (C=O) groups is 1. The van der Waals surface area contributed by atoms with E-state index >= 15 is 0 Å². The third kappa shape index (κ3) is 1.17. The highest BCUT2D eigenvalue weighted by Crippen LogP contribution is 2.46. The maximum Gasteiger partial charge on any atom is 0.169 e. The van der Waals surface area contributed by atoms with Gasteiger partial charge in [0.1, 0.15) is 5.82 Å². The first-order valence-electron chi connectivity index (χ1n) is 5.61. The van der Waals surface area contributed by atoms with Gasteiger partial charge in [0.15, 0.2) is 5.78 Å². The smallest absolute Gasteiger partial charge is 0.169 e. The van der Waals surface area contributed by atoms with Crippen LogP contribution in [0.3, 0.4) is 0 Å². The molecule has 0 radical (unpaired) electrons. The molecule has 0 heterocycles. The molecule has 78 valence electrons. The molecular formula is C13H13FO. The van der Waals surface area contributed by atoms with Crippen molar-refractivity contribution in [2.24, 2.45) is 5.92 Å². The van der Waals surface area contributed by atoms with Gasteiger partial charge in [0.2, 0.25) is 0 Å². The molecule has 0 aromatic heterocycles. The SMILES string of the molecule is O=C1c2c(F)cccc2C2CCCCC12. The van der Waals surface area contributed by atoms with Gasteiger partial charge in [0.25, 0.3) is 0 Å². The molecule has 0 saturated heterocycles. The van der Waals surface area contributed by atoms with Crippen LogP contribution in [0.4, 0.5) is 4.39 Å². The number of fused-ring (bicyclic) bond motifs is 3. The predicted molar refractivity (Wildman–Crippen MR) is 55.4 cm³/mol. The van der Waals surface area contributed by atoms with Crippen LogP contribution >= 0.6 is 0 Å². The maximum atomic E-state index is 13.6. The average Bonchev–Trinajstić information content (AvgIpc) is 2.55. The Kier molecular flexibility index (Phi) is 1.91. The first kappa shape index (κ1) is 9.08. The molecule has 2 unspecified atom stereocenters. The van der Waals surface area contributed by atoms with Gasteiger partial charge in [0, 0.05) is 5.92 Å². The summed E-state index contributed by atoms with van der Waals surface area (Å²) >= 11 is 0. The Balaban J connectivity index is 2.15. The first-order valence-corrected chi connectivity index (χ1v) is 5.61. The Hall–Kier alpha value is -1.18. The topological polar surface area (TPSA) is 17.1 Å². The Morgan fingerprint density at radius 1 is 1.13 bits per heavy atom. The molecule has 15 heavy (non-hydrogen) atoms. The number of halogens is 1. The average molecular weight is 204 g/mol. The lowest BCUT2D eigenvalue weighted by molar-refractivity contribution is 0.0895. The third-order valence-corrected chi connectivity index (χ3v) is 3.79. The molecule has 1 fully saturated rings. The van der Waals surface area contributed by atoms with Crippen molar-refractivity contribution >= 4 is 5.78 Å². The van der Waals surface area contributed by atoms with Crippen LogP contribution in [0.1, 0.15) is 47.5 Å². The number of carbonyl (C=O) groups excluding carboxylic acids is 1. The fraction of sp³-hybridized carbons (Fsp3) is 0.462. The van der Waals surface area contributed by atoms with Crippen LogP contribution in [0.15, 0.2) is 18.2 Å². The molecule has 1 aromatic carbocycles. The lowest BCUT2D eigenvalue weighted by atomic mass is 9.79. The van der Waals surface area contributed by atoms with Gasteiger partial charge >= 0.3 is 0 Å². The van der Waals surface area contributed by atoms with E-state index in [1.165, 1.54) is 12.5 Å². The summed E-state index contributed by atoms with van der Waals surface area (Å²) in [5.74, 6) is 0.0994. The second-order valence-corrected chi connectivity index (χ2v) is 4.57. The van der Waals surface area contributed by atoms with Crippen LogP contribution in [0, 0.1) is 11.7 Å². The van der Waals surface area contributed by atoms with Gasteiger partial charge in [-0.2, -0.15) is 0 Å². The Labute approximate surface area is 88.3 Å². The van der Waals surface area contributed by atoms with Gasteiger partial charge in [-0.25, -0.2) is 4.39 Å². The summed E-state index contributed by atoms with van der Waals surface area (Å²) in [6.07, 6.45) is 4.28. The summed E-state index contributed by atoms with van der Waals surface area (Å²) in [7, 11) is 0. The Bertz CT molecular complexity index is 425. The molecule has 2 heteroatoms. The zero-order chi connectivity index (χ0) is 10.4. The first-order chi connectivity index (χ1) is 7.29. The minimum Gasteiger partial charge on any atom is -0.294 e. The standard InChI is InChI=1S/C13H13FO/c14-11-7-3-6-9-8-4-1-2-5-10(8)13(15)12(9)11/h3,6-8,10H,1-2,4-5H2. The van der Waals surface area contributed by atoms with Gasteiger partial charge in [-0.1, -0.05) is 25.0 Å². The molecule has 0 N–H and O–H groups in total. The summed E-state index contributed by atoms with van der Waals surface area (Å²) < 4.78 is 13.6. The fourth-order valence-corrected chi connectivity index (χ4v) is 3.11. The van der Waals surface area contributed by atoms with Gasteiger partial charge in [-0.3, -0.25) is 4.79 Å². The predicted octanol–water partition coefficient (Wildman–Crippen LogP) is 3.30. The van der Waals surface area contributed by atoms with Gasteiger partial charge in [0.05, 0.1) is 5.56 Å². The van der Waals surface area contributed by atoms with E-state index in [4.69, 9.17) is 0 Å². The van der Waals surface area contributed by atoms with Crippen molar-refractivity contribution in [3.05, 3.63) is 35.1 Å². The summed E-state index contributed by atoms with van der Waals surface area (Å²) in [5.41, 5.74) is 1.35. The van der Waals surface area contributed by atoms with Gasteiger partial charge in [-0.05, 0) is 30.4 Å². The molecule has 2 aliphatic carbocycles. The number of hydrogen-bond acceptors (Lipinski definition) is 1. The highest BCUT2D eigenvalue weighted by molar-refractivity contribution is 6.03. The van der Waals surface area contributed by atoms with Gasteiger partial charge in [-0.15, -0.1) is 0 Å². The van der Waals surface area contributed by atoms with E-state index < -0.39 is 0 Å². The molecule has 2 aliphatic rings. The summed E-state index contributed by atoms with van der Waals surface area (Å²) in [6, 6.07) is 5.04. The van der Waals surface area contributed by atoms with E-state index in [-0.39, 0.29) is 17.5 Å². The Morgan fingerprint density at radius 2 is 1.87 bits per heavy atom. The molecule has 0 aliphatic heterocycles. The van der Waals surface area contributed by atoms with Crippen molar-refractivity contribution in [1.82, 2.24) is 0 Å². The minimum atomic E-state index is -0.327. The van der Waals surface area contributed by atoms with Crippen molar-refractivity contribution in [3.8, 4) is 0 Å². The van der Waals surface area contributed by atoms with E-state index in [2.05, 4.69) is 0 Å². The molecule has 0 spiro atoms. The van der Waals surface area contributed by atoms with Crippen molar-refractivity contribution in [1.29, 1.82) is 0 Å². The Morgan fingerprint density at radius 3 is 2.67 bits per heavy atom. The van der Waals surface area contributed by atoms with E-state index in [1.807, 2.05) is 6.07 Å². The van der Waals surface area contributed by atoms with E-state index in [0.29, 0.717) is 11.5 Å². The highest BCUT2D eigenvalue weighted by atomic mass is 19.1. The second-order valence-electron chi connectivity index (χ2n) is 4.57. The number of rotatable bonds is 0. The van der Waals surface area contributed by atoms with Crippen LogP contribution in [0.5, 0.6) is 0 Å². The highest BCUT2D eigenvalue weighted by Gasteiger charge is 2.42. The monoisotopic (exact) mass is 204 g/mol. The number of benzene rings is 1. The minimum absolute atomic E-state index is 0.0489. The molecular weight excluding hydrogens is 191 g/mol. The molecule has 2 atom stereocenters. The van der Waals surface area contributed by atoms with Crippen molar-refractivity contribution in [3.63, 3.8) is 0 Å². The fourth-order valence-electron chi connectivity index (χ4n) is 3.11. The number of hydrogen-bond donors (Lipinski definition) is 0. The van der Waals surface area contributed by atoms with Crippen molar-refractivity contribution < 1.29 is 9.18 Å². The van der Waals surface area contributed by atoms with Crippen LogP contribution in [0.2, 0.25) is 0 Å². The van der Waals surface area contributed by atoms with E-state index in [1.54, 1.807) is 6.07 Å². The molecule has 0 amide bonds. The normalized spacial score (nSPS) is 28.7. The largest absolute Gasteiger partial charge is 0.294 e. The zero-order valence-electron chi connectivity index (χ0n) is 8.50. The molecule has 0 bridgehead atoms. The maximum absolute atomic E-state index is 13.6. The second kappa shape index (κ2) is 3.16. The summed E-state index contributed by atoms with van der Waals surface area (Å²) in [6.45, 7) is 0. The third-order valence-electron chi connectivity index (χ3n) is 3.79. The molecule has 1 nitrogen and oxygen atoms in total. The van der Waals surface area contributed by atoms with Gasteiger partial charge < -0.3 is 0 Å². The van der Waals surface area contributed by atoms with Crippen molar-refractivity contribution in [2.45, 2.75) is 31.6 Å². The molecule has 3 rings (SSSR count). The summed E-state index contributed by atoms with van der Waals surface area (Å²) in [5, 5.41) is 0. The van der Waals surface area contributed by atoms with Crippen LogP contribution < -0.4 is 0 Å². The van der Waals surface area contributed by atoms with Crippen molar-refractivity contribution in [2.75, 3.05) is 0 Å². The lowest BCUT2D eigenvalue weighted by Gasteiger charge is -2.24. The molecule has 1 aromatic rings. The van der Waals surface area contributed by atoms with Crippen LogP contribution in [-0.4, -0.2) is 5.78 Å². The van der Waals surface area contributed by atoms with Crippen LogP contribution in [0.25, 0.3) is 0 Å². The lowest BCUT2D eigenvalue weighted by Crippen LogP contribution is -2.17. The molecule has 1 saturated carbocycles. The number of ketones is 1. The quantitative estimate of drug-likeness (QED) is 0.633. The zero-order valence-corrected chi connectivity index (χ0v) is 8.50.